The molecule has 6 atom stereocenters. The highest BCUT2D eigenvalue weighted by Crippen LogP contribution is 2.26. The predicted octanol–water partition coefficient (Wildman–Crippen LogP) is 14.4. The van der Waals surface area contributed by atoms with Crippen LogP contribution in [0, 0.1) is 0 Å². The minimum atomic E-state index is -5.08. The molecule has 1 fully saturated rings. The number of aliphatic hydroxyl groups is 3. The summed E-state index contributed by atoms with van der Waals surface area (Å²) in [7, 11) is -5.08. The average Bonchev–Trinajstić information content (AvgIpc) is 3.40. The van der Waals surface area contributed by atoms with Gasteiger partial charge in [-0.3, -0.25) is 9.35 Å². The van der Waals surface area contributed by atoms with Gasteiger partial charge in [-0.1, -0.05) is 205 Å². The maximum atomic E-state index is 13.0. The van der Waals surface area contributed by atoms with Gasteiger partial charge in [0.25, 0.3) is 0 Å². The van der Waals surface area contributed by atoms with Crippen LogP contribution in [0.1, 0.15) is 181 Å². The Labute approximate surface area is 460 Å². The Hall–Kier alpha value is -4.02. The summed E-state index contributed by atoms with van der Waals surface area (Å²) in [5.74, 6) is -0.440. The van der Waals surface area contributed by atoms with Crippen molar-refractivity contribution in [3.05, 3.63) is 146 Å². The summed E-state index contributed by atoms with van der Waals surface area (Å²) < 4.78 is 59.4. The molecule has 13 heteroatoms. The lowest BCUT2D eigenvalue weighted by atomic mass is 9.99. The molecule has 430 valence electrons. The molecular weight excluding hydrogens is 981 g/mol. The maximum absolute atomic E-state index is 13.0. The van der Waals surface area contributed by atoms with Crippen molar-refractivity contribution >= 4 is 16.4 Å². The van der Waals surface area contributed by atoms with Crippen molar-refractivity contribution in [2.75, 3.05) is 26.4 Å². The SMILES string of the molecule is CC/C=C\C/C=C\C/C=C\C/C=C\C/C=C\C/C=C\C/C=C\CCCCCC(=O)OC(COCCCCCCCCCC/C=C\C/C=C\C/C=C\C/C=C\C/C=C\CC)COC1OC(CO)C(O)C(OS(=O)(=O)O)C1O. The first-order valence-electron chi connectivity index (χ1n) is 28.6. The van der Waals surface area contributed by atoms with Crippen molar-refractivity contribution in [1.29, 1.82) is 0 Å². The molecule has 1 aliphatic rings. The van der Waals surface area contributed by atoms with E-state index in [0.717, 1.165) is 128 Å². The van der Waals surface area contributed by atoms with Crippen LogP contribution in [0.15, 0.2) is 146 Å². The fourth-order valence-corrected chi connectivity index (χ4v) is 8.25. The van der Waals surface area contributed by atoms with Gasteiger partial charge in [-0.25, -0.2) is 4.18 Å². The largest absolute Gasteiger partial charge is 0.457 e. The molecular formula is C63H100O12S. The quantitative estimate of drug-likeness (QED) is 0.0196. The van der Waals surface area contributed by atoms with Gasteiger partial charge in [0.05, 0.1) is 19.8 Å². The zero-order valence-electron chi connectivity index (χ0n) is 46.5. The second kappa shape index (κ2) is 51.7. The number of unbranched alkanes of at least 4 members (excludes halogenated alkanes) is 11. The van der Waals surface area contributed by atoms with Gasteiger partial charge in [0.1, 0.15) is 30.5 Å². The van der Waals surface area contributed by atoms with Crippen LogP contribution >= 0.6 is 0 Å². The van der Waals surface area contributed by atoms with Gasteiger partial charge in [0, 0.05) is 13.0 Å². The van der Waals surface area contributed by atoms with Gasteiger partial charge >= 0.3 is 16.4 Å². The number of ether oxygens (including phenoxy) is 4. The molecule has 6 unspecified atom stereocenters. The molecule has 0 spiro atoms. The normalized spacial score (nSPS) is 19.7. The van der Waals surface area contributed by atoms with Crippen LogP contribution in [0.4, 0.5) is 0 Å². The summed E-state index contributed by atoms with van der Waals surface area (Å²) in [4.78, 5) is 13.0. The zero-order chi connectivity index (χ0) is 55.3. The van der Waals surface area contributed by atoms with Gasteiger partial charge < -0.3 is 34.3 Å². The molecule has 1 heterocycles. The topological polar surface area (TPSA) is 178 Å². The lowest BCUT2D eigenvalue weighted by molar-refractivity contribution is -0.301. The van der Waals surface area contributed by atoms with E-state index in [4.69, 9.17) is 18.9 Å². The third kappa shape index (κ3) is 44.0. The molecule has 0 radical (unpaired) electrons. The van der Waals surface area contributed by atoms with Gasteiger partial charge in [-0.15, -0.1) is 0 Å². The summed E-state index contributed by atoms with van der Waals surface area (Å²) in [6.07, 6.45) is 68.7. The fraction of sp³-hybridized carbons (Fsp3) is 0.603. The summed E-state index contributed by atoms with van der Waals surface area (Å²) in [6, 6.07) is 0. The van der Waals surface area contributed by atoms with Crippen LogP contribution < -0.4 is 0 Å². The maximum Gasteiger partial charge on any atom is 0.397 e. The number of hydrogen-bond donors (Lipinski definition) is 4. The van der Waals surface area contributed by atoms with Crippen molar-refractivity contribution in [1.82, 2.24) is 0 Å². The monoisotopic (exact) mass is 1080 g/mol. The van der Waals surface area contributed by atoms with Crippen LogP contribution in [0.25, 0.3) is 0 Å². The average molecular weight is 1080 g/mol. The van der Waals surface area contributed by atoms with E-state index < -0.39 is 59.8 Å². The first kappa shape index (κ1) is 70.0. The number of esters is 1. The number of rotatable bonds is 48. The van der Waals surface area contributed by atoms with E-state index in [1.165, 1.54) is 25.7 Å². The predicted molar refractivity (Wildman–Crippen MR) is 312 cm³/mol. The number of carbonyl (C=O) groups excluding carboxylic acids is 1. The van der Waals surface area contributed by atoms with Crippen LogP contribution in [-0.2, 0) is 38.3 Å². The van der Waals surface area contributed by atoms with Gasteiger partial charge in [0.2, 0.25) is 0 Å². The zero-order valence-corrected chi connectivity index (χ0v) is 47.3. The van der Waals surface area contributed by atoms with E-state index in [1.54, 1.807) is 0 Å². The molecule has 0 bridgehead atoms. The third-order valence-electron chi connectivity index (χ3n) is 12.0. The van der Waals surface area contributed by atoms with Crippen LogP contribution in [0.3, 0.4) is 0 Å². The van der Waals surface area contributed by atoms with Gasteiger partial charge in [-0.05, 0) is 116 Å². The molecule has 0 aromatic heterocycles. The Morgan fingerprint density at radius 1 is 0.500 bits per heavy atom. The van der Waals surface area contributed by atoms with E-state index in [1.807, 2.05) is 0 Å². The first-order chi connectivity index (χ1) is 37.1. The van der Waals surface area contributed by atoms with Crippen molar-refractivity contribution in [3.8, 4) is 0 Å². The molecule has 12 nitrogen and oxygen atoms in total. The van der Waals surface area contributed by atoms with Crippen molar-refractivity contribution in [2.24, 2.45) is 0 Å². The standard InChI is InChI=1S/C63H100O12S/c1-3-5-7-9-11-13-15-17-19-21-23-25-27-29-30-32-34-36-38-40-42-44-46-48-50-52-59(65)73-57(56-72-63-61(67)62(75-76(68,69)70)60(66)58(54-64)74-63)55-71-53-51-49-47-45-43-41-39-37-35-33-31-28-26-24-22-20-18-16-14-12-10-8-6-4-2/h5-8,11-14,17-20,23-26,29-31,33-34,36,40,42,57-58,60-64,66-67H,3-4,9-10,15-16,21-22,27-28,32,35,37-39,41,43-56H2,1-2H3,(H,68,69,70)/b7-5-,8-6-,13-11-,14-12-,19-17-,20-18-,25-23-,26-24-,30-29-,33-31-,36-34-,42-40-. The Kier molecular flexibility index (Phi) is 47.6. The van der Waals surface area contributed by atoms with Crippen molar-refractivity contribution in [3.63, 3.8) is 0 Å². The number of allylic oxidation sites excluding steroid dienone is 24. The summed E-state index contributed by atoms with van der Waals surface area (Å²) in [5, 5.41) is 30.9. The van der Waals surface area contributed by atoms with Crippen LogP contribution in [0.2, 0.25) is 0 Å². The highest BCUT2D eigenvalue weighted by molar-refractivity contribution is 7.80. The van der Waals surface area contributed by atoms with E-state index in [0.29, 0.717) is 13.0 Å². The molecule has 0 saturated carbocycles. The van der Waals surface area contributed by atoms with Crippen LogP contribution in [0.5, 0.6) is 0 Å². The highest BCUT2D eigenvalue weighted by Gasteiger charge is 2.48. The van der Waals surface area contributed by atoms with Crippen LogP contribution in [-0.4, -0.2) is 97.5 Å². The van der Waals surface area contributed by atoms with E-state index in [2.05, 4.69) is 164 Å². The Morgan fingerprint density at radius 2 is 0.868 bits per heavy atom. The minimum Gasteiger partial charge on any atom is -0.457 e. The molecule has 0 amide bonds. The smallest absolute Gasteiger partial charge is 0.397 e. The fourth-order valence-electron chi connectivity index (χ4n) is 7.74. The van der Waals surface area contributed by atoms with E-state index in [9.17, 15) is 33.1 Å². The molecule has 76 heavy (non-hydrogen) atoms. The van der Waals surface area contributed by atoms with Crippen molar-refractivity contribution < 1.29 is 56.2 Å². The molecule has 0 aromatic carbocycles. The molecule has 4 N–H and O–H groups in total. The number of aliphatic hydroxyl groups excluding tert-OH is 3. The minimum absolute atomic E-state index is 0.00497. The first-order valence-corrected chi connectivity index (χ1v) is 30.0. The molecule has 1 aliphatic heterocycles. The van der Waals surface area contributed by atoms with E-state index >= 15 is 0 Å². The summed E-state index contributed by atoms with van der Waals surface area (Å²) >= 11 is 0. The van der Waals surface area contributed by atoms with Crippen molar-refractivity contribution in [2.45, 2.75) is 218 Å². The highest BCUT2D eigenvalue weighted by atomic mass is 32.3. The van der Waals surface area contributed by atoms with E-state index in [-0.39, 0.29) is 19.6 Å². The Bertz CT molecular complexity index is 1870. The molecule has 0 aliphatic carbocycles. The lowest BCUT2D eigenvalue weighted by Crippen LogP contribution is -2.60. The Balaban J connectivity index is 2.37. The second-order valence-corrected chi connectivity index (χ2v) is 19.8. The summed E-state index contributed by atoms with van der Waals surface area (Å²) in [6.45, 7) is 3.68. The number of carbonyl (C=O) groups is 1. The second-order valence-electron chi connectivity index (χ2n) is 18.8. The summed E-state index contributed by atoms with van der Waals surface area (Å²) in [5.41, 5.74) is 0. The lowest BCUT2D eigenvalue weighted by Gasteiger charge is -2.41. The Morgan fingerprint density at radius 3 is 1.26 bits per heavy atom. The third-order valence-corrected chi connectivity index (χ3v) is 12.4. The number of hydrogen-bond acceptors (Lipinski definition) is 11. The molecule has 1 saturated heterocycles. The van der Waals surface area contributed by atoms with Gasteiger partial charge in [0.15, 0.2) is 6.29 Å². The molecule has 1 rings (SSSR count). The van der Waals surface area contributed by atoms with Gasteiger partial charge in [-0.2, -0.15) is 8.42 Å². The molecule has 0 aromatic rings.